The summed E-state index contributed by atoms with van der Waals surface area (Å²) >= 11 is 1.19. The molecule has 0 unspecified atom stereocenters. The highest BCUT2D eigenvalue weighted by Crippen LogP contribution is 2.57. The fourth-order valence-corrected chi connectivity index (χ4v) is 7.99. The van der Waals surface area contributed by atoms with Crippen molar-refractivity contribution in [2.75, 3.05) is 25.6 Å². The van der Waals surface area contributed by atoms with Gasteiger partial charge in [-0.1, -0.05) is 45.1 Å². The standard InChI is InChI=1S/C29H50NO11PS/c1-8-11-12-13-14-15-16-17-24(42(35,37-9-2)38-10-3)19-43-29-26(30-20(4)31)28(40-23(7)34)27(39-22(6)33)25(41-29)18-36-21(5)32/h17,25-29H,8-16,18-19H2,1-7H3,(H,30,31)/b24-17+/t25-,26-,27-,28-,29+/m1/s1. The monoisotopic (exact) mass is 651 g/mol. The zero-order valence-electron chi connectivity index (χ0n) is 26.6. The quantitative estimate of drug-likeness (QED) is 0.0789. The number of esters is 3. The molecule has 0 saturated carbocycles. The number of nitrogens with one attached hydrogen (secondary N) is 1. The normalized spacial score (nSPS) is 22.5. The van der Waals surface area contributed by atoms with Crippen molar-refractivity contribution in [1.29, 1.82) is 0 Å². The van der Waals surface area contributed by atoms with Gasteiger partial charge in [-0.05, 0) is 26.7 Å². The summed E-state index contributed by atoms with van der Waals surface area (Å²) in [5.74, 6) is -2.24. The lowest BCUT2D eigenvalue weighted by Gasteiger charge is -2.45. The van der Waals surface area contributed by atoms with Crippen LogP contribution in [0.5, 0.6) is 0 Å². The summed E-state index contributed by atoms with van der Waals surface area (Å²) in [5.41, 5.74) is -0.894. The predicted molar refractivity (Wildman–Crippen MR) is 163 cm³/mol. The van der Waals surface area contributed by atoms with Gasteiger partial charge < -0.3 is 33.3 Å². The molecule has 1 N–H and O–H groups in total. The molecule has 1 aliphatic rings. The third-order valence-electron chi connectivity index (χ3n) is 6.35. The number of allylic oxidation sites excluding steroid dienone is 1. The molecule has 0 aromatic carbocycles. The highest BCUT2D eigenvalue weighted by atomic mass is 32.2. The van der Waals surface area contributed by atoms with E-state index >= 15 is 0 Å². The lowest BCUT2D eigenvalue weighted by atomic mass is 9.97. The summed E-state index contributed by atoms with van der Waals surface area (Å²) in [5, 5.41) is 3.21. The van der Waals surface area contributed by atoms with Gasteiger partial charge in [0, 0.05) is 38.8 Å². The van der Waals surface area contributed by atoms with E-state index in [1.807, 2.05) is 6.08 Å². The van der Waals surface area contributed by atoms with Gasteiger partial charge in [0.2, 0.25) is 5.91 Å². The SMILES string of the molecule is CCCCCCCC/C=C(\CS[C@@H]1O[C@H](COC(C)=O)[C@@H](OC(C)=O)[C@H](OC(C)=O)[C@H]1NC(C)=O)P(=O)(OCC)OCC. The van der Waals surface area contributed by atoms with E-state index in [9.17, 15) is 23.7 Å². The van der Waals surface area contributed by atoms with Crippen LogP contribution in [-0.4, -0.2) is 79.2 Å². The number of unbranched alkanes of at least 4 members (excludes halogenated alkanes) is 6. The van der Waals surface area contributed by atoms with Crippen LogP contribution >= 0.6 is 19.4 Å². The van der Waals surface area contributed by atoms with Gasteiger partial charge in [-0.25, -0.2) is 0 Å². The summed E-state index contributed by atoms with van der Waals surface area (Å²) in [6.07, 6.45) is 5.79. The van der Waals surface area contributed by atoms with Gasteiger partial charge in [-0.15, -0.1) is 11.8 Å². The Labute approximate surface area is 260 Å². The van der Waals surface area contributed by atoms with E-state index in [1.54, 1.807) is 13.8 Å². The van der Waals surface area contributed by atoms with Crippen molar-refractivity contribution in [3.63, 3.8) is 0 Å². The van der Waals surface area contributed by atoms with E-state index in [-0.39, 0.29) is 25.6 Å². The summed E-state index contributed by atoms with van der Waals surface area (Å²) in [7, 11) is -3.65. The Morgan fingerprint density at radius 3 is 1.95 bits per heavy atom. The molecule has 0 aromatic heterocycles. The van der Waals surface area contributed by atoms with Gasteiger partial charge in [-0.3, -0.25) is 23.7 Å². The molecule has 5 atom stereocenters. The maximum absolute atomic E-state index is 13.9. The van der Waals surface area contributed by atoms with Crippen molar-refractivity contribution < 1.29 is 51.7 Å². The van der Waals surface area contributed by atoms with Gasteiger partial charge in [0.1, 0.15) is 24.2 Å². The minimum Gasteiger partial charge on any atom is -0.463 e. The predicted octanol–water partition coefficient (Wildman–Crippen LogP) is 5.28. The Morgan fingerprint density at radius 2 is 1.42 bits per heavy atom. The smallest absolute Gasteiger partial charge is 0.357 e. The van der Waals surface area contributed by atoms with Crippen LogP contribution < -0.4 is 5.32 Å². The Bertz CT molecular complexity index is 966. The maximum atomic E-state index is 13.9. The summed E-state index contributed by atoms with van der Waals surface area (Å²) < 4.78 is 47.6. The molecule has 0 aromatic rings. The van der Waals surface area contributed by atoms with Crippen LogP contribution in [0.3, 0.4) is 0 Å². The molecule has 14 heteroatoms. The molecule has 1 amide bonds. The average molecular weight is 652 g/mol. The van der Waals surface area contributed by atoms with Gasteiger partial charge in [0.05, 0.1) is 13.2 Å². The van der Waals surface area contributed by atoms with Crippen molar-refractivity contribution in [3.05, 3.63) is 11.4 Å². The summed E-state index contributed by atoms with van der Waals surface area (Å²) in [4.78, 5) is 48.0. The Morgan fingerprint density at radius 1 is 0.837 bits per heavy atom. The maximum Gasteiger partial charge on any atom is 0.357 e. The van der Waals surface area contributed by atoms with Gasteiger partial charge in [0.15, 0.2) is 12.2 Å². The van der Waals surface area contributed by atoms with Crippen LogP contribution in [0, 0.1) is 0 Å². The minimum absolute atomic E-state index is 0.138. The molecule has 1 aliphatic heterocycles. The zero-order chi connectivity index (χ0) is 32.4. The summed E-state index contributed by atoms with van der Waals surface area (Å²) in [6, 6.07) is -0.970. The van der Waals surface area contributed by atoms with Gasteiger partial charge in [0.25, 0.3) is 0 Å². The fourth-order valence-electron chi connectivity index (χ4n) is 4.59. The Kier molecular flexibility index (Phi) is 19.0. The van der Waals surface area contributed by atoms with Crippen LogP contribution in [0.2, 0.25) is 0 Å². The molecular weight excluding hydrogens is 601 g/mol. The third-order valence-corrected chi connectivity index (χ3v) is 10.0. The van der Waals surface area contributed by atoms with E-state index in [0.717, 1.165) is 25.7 Å². The highest BCUT2D eigenvalue weighted by molar-refractivity contribution is 8.00. The number of rotatable bonds is 20. The molecule has 0 spiro atoms. The number of ether oxygens (including phenoxy) is 4. The first kappa shape index (κ1) is 39.1. The van der Waals surface area contributed by atoms with E-state index in [0.29, 0.717) is 11.7 Å². The number of amides is 1. The molecular formula is C29H50NO11PS. The third kappa shape index (κ3) is 14.6. The van der Waals surface area contributed by atoms with E-state index in [1.165, 1.54) is 52.3 Å². The van der Waals surface area contributed by atoms with Crippen molar-refractivity contribution in [2.24, 2.45) is 0 Å². The molecule has 0 radical (unpaired) electrons. The number of hydrogen-bond acceptors (Lipinski definition) is 12. The van der Waals surface area contributed by atoms with Crippen molar-refractivity contribution >= 4 is 43.2 Å². The van der Waals surface area contributed by atoms with Crippen LogP contribution in [0.25, 0.3) is 0 Å². The molecule has 248 valence electrons. The van der Waals surface area contributed by atoms with Crippen LogP contribution in [0.4, 0.5) is 0 Å². The molecule has 1 heterocycles. The molecule has 12 nitrogen and oxygen atoms in total. The second kappa shape index (κ2) is 20.9. The lowest BCUT2D eigenvalue weighted by molar-refractivity contribution is -0.211. The number of thioether (sulfide) groups is 1. The van der Waals surface area contributed by atoms with Crippen LogP contribution in [0.15, 0.2) is 11.4 Å². The first-order chi connectivity index (χ1) is 20.4. The van der Waals surface area contributed by atoms with Crippen LogP contribution in [-0.2, 0) is 51.7 Å². The first-order valence-corrected chi connectivity index (χ1v) is 17.6. The first-order valence-electron chi connectivity index (χ1n) is 15.0. The van der Waals surface area contributed by atoms with Crippen molar-refractivity contribution in [3.8, 4) is 0 Å². The van der Waals surface area contributed by atoms with E-state index in [2.05, 4.69) is 12.2 Å². The zero-order valence-corrected chi connectivity index (χ0v) is 28.3. The molecule has 1 saturated heterocycles. The molecule has 0 bridgehead atoms. The Balaban J connectivity index is 3.39. The van der Waals surface area contributed by atoms with E-state index < -0.39 is 61.2 Å². The molecule has 43 heavy (non-hydrogen) atoms. The summed E-state index contributed by atoms with van der Waals surface area (Å²) in [6.45, 7) is 10.6. The molecule has 1 fully saturated rings. The fraction of sp³-hybridized carbons (Fsp3) is 0.793. The van der Waals surface area contributed by atoms with E-state index in [4.69, 9.17) is 28.0 Å². The molecule has 1 rings (SSSR count). The largest absolute Gasteiger partial charge is 0.463 e. The average Bonchev–Trinajstić information content (AvgIpc) is 2.91. The highest BCUT2D eigenvalue weighted by Gasteiger charge is 2.51. The van der Waals surface area contributed by atoms with Crippen molar-refractivity contribution in [1.82, 2.24) is 5.32 Å². The van der Waals surface area contributed by atoms with Crippen LogP contribution in [0.1, 0.15) is 93.4 Å². The number of carbonyl (C=O) groups is 4. The minimum atomic E-state index is -3.65. The second-order valence-corrected chi connectivity index (χ2v) is 13.3. The topological polar surface area (TPSA) is 153 Å². The number of hydrogen-bond donors (Lipinski definition) is 1. The van der Waals surface area contributed by atoms with Gasteiger partial charge in [-0.2, -0.15) is 0 Å². The second-order valence-electron chi connectivity index (χ2n) is 10.1. The Hall–Kier alpha value is -1.92. The number of carbonyl (C=O) groups excluding carboxylic acids is 4. The lowest BCUT2D eigenvalue weighted by Crippen LogP contribution is -2.65. The van der Waals surface area contributed by atoms with Crippen molar-refractivity contribution in [2.45, 2.75) is 123 Å². The molecule has 0 aliphatic carbocycles. The van der Waals surface area contributed by atoms with Gasteiger partial charge >= 0.3 is 25.5 Å².